The van der Waals surface area contributed by atoms with Gasteiger partial charge in [-0.1, -0.05) is 32.0 Å². The van der Waals surface area contributed by atoms with E-state index in [1.807, 2.05) is 32.0 Å². The first-order valence-electron chi connectivity index (χ1n) is 14.0. The van der Waals surface area contributed by atoms with Gasteiger partial charge in [0, 0.05) is 36.6 Å². The minimum absolute atomic E-state index is 0.0958. The van der Waals surface area contributed by atoms with Gasteiger partial charge in [0.2, 0.25) is 5.91 Å². The van der Waals surface area contributed by atoms with Crippen LogP contribution in [0.3, 0.4) is 0 Å². The molecule has 2 saturated heterocycles. The van der Waals surface area contributed by atoms with Gasteiger partial charge in [-0.15, -0.1) is 5.06 Å². The molecule has 2 heterocycles. The highest BCUT2D eigenvalue weighted by atomic mass is 16.7. The number of rotatable bonds is 10. The molecule has 214 valence electrons. The average molecular weight is 550 g/mol. The van der Waals surface area contributed by atoms with Crippen LogP contribution in [0, 0.1) is 5.92 Å². The molecule has 10 nitrogen and oxygen atoms in total. The molecular formula is C30H39N5O5. The van der Waals surface area contributed by atoms with Crippen LogP contribution in [0.5, 0.6) is 0 Å². The number of hydroxylamine groups is 2. The van der Waals surface area contributed by atoms with Crippen LogP contribution >= 0.6 is 0 Å². The number of nitrogens with one attached hydrogen (secondary N) is 2. The standard InChI is InChI=1S/C30H39N5O5/c1-5-33(6-2)23-14-12-21(13-15-23)28(37)32-24(18-20(3)4)29(38)34-17-16-25-27(34)26(36)19-35(25)40-30(39)31-22-10-8-7-9-11-22/h7-15,20,24-25,27H,5-6,16-19H2,1-4H3,(H,31,39)(H,32,37). The highest BCUT2D eigenvalue weighted by Crippen LogP contribution is 2.31. The van der Waals surface area contributed by atoms with Gasteiger partial charge < -0.3 is 20.0 Å². The van der Waals surface area contributed by atoms with E-state index < -0.39 is 24.2 Å². The minimum Gasteiger partial charge on any atom is -0.372 e. The Labute approximate surface area is 235 Å². The molecule has 3 amide bonds. The molecular weight excluding hydrogens is 510 g/mol. The number of nitrogens with zero attached hydrogens (tertiary/aromatic N) is 3. The minimum atomic E-state index is -0.780. The van der Waals surface area contributed by atoms with Crippen molar-refractivity contribution in [1.29, 1.82) is 0 Å². The summed E-state index contributed by atoms with van der Waals surface area (Å²) in [7, 11) is 0. The number of hydrogen-bond acceptors (Lipinski definition) is 7. The Hall–Kier alpha value is -3.92. The van der Waals surface area contributed by atoms with E-state index in [-0.39, 0.29) is 30.1 Å². The van der Waals surface area contributed by atoms with Crippen LogP contribution < -0.4 is 15.5 Å². The largest absolute Gasteiger partial charge is 0.430 e. The van der Waals surface area contributed by atoms with Crippen molar-refractivity contribution >= 4 is 35.1 Å². The van der Waals surface area contributed by atoms with E-state index in [4.69, 9.17) is 4.84 Å². The zero-order valence-electron chi connectivity index (χ0n) is 23.6. The fourth-order valence-corrected chi connectivity index (χ4v) is 5.49. The molecule has 3 atom stereocenters. The predicted octanol–water partition coefficient (Wildman–Crippen LogP) is 3.70. The summed E-state index contributed by atoms with van der Waals surface area (Å²) in [5, 5.41) is 6.93. The number of fused-ring (bicyclic) bond motifs is 1. The van der Waals surface area contributed by atoms with Crippen molar-refractivity contribution in [3.63, 3.8) is 0 Å². The lowest BCUT2D eigenvalue weighted by molar-refractivity contribution is -0.138. The van der Waals surface area contributed by atoms with Crippen LogP contribution in [0.15, 0.2) is 54.6 Å². The van der Waals surface area contributed by atoms with E-state index in [0.717, 1.165) is 18.8 Å². The Balaban J connectivity index is 1.42. The highest BCUT2D eigenvalue weighted by Gasteiger charge is 2.52. The Kier molecular flexibility index (Phi) is 9.42. The maximum Gasteiger partial charge on any atom is 0.430 e. The normalized spacial score (nSPS) is 19.3. The Bertz CT molecular complexity index is 1200. The summed E-state index contributed by atoms with van der Waals surface area (Å²) in [5.41, 5.74) is 2.08. The highest BCUT2D eigenvalue weighted by molar-refractivity contribution is 5.99. The van der Waals surface area contributed by atoms with Gasteiger partial charge in [-0.3, -0.25) is 19.7 Å². The van der Waals surface area contributed by atoms with Crippen LogP contribution in [0.4, 0.5) is 16.2 Å². The monoisotopic (exact) mass is 549 g/mol. The zero-order chi connectivity index (χ0) is 28.8. The van der Waals surface area contributed by atoms with Crippen molar-refractivity contribution in [3.05, 3.63) is 60.2 Å². The van der Waals surface area contributed by atoms with E-state index in [9.17, 15) is 19.2 Å². The molecule has 2 aromatic carbocycles. The smallest absolute Gasteiger partial charge is 0.372 e. The molecule has 2 aromatic rings. The zero-order valence-corrected chi connectivity index (χ0v) is 23.6. The molecule has 40 heavy (non-hydrogen) atoms. The van der Waals surface area contributed by atoms with E-state index >= 15 is 0 Å². The second kappa shape index (κ2) is 13.0. The number of anilines is 2. The maximum absolute atomic E-state index is 13.7. The Morgan fingerprint density at radius 3 is 2.33 bits per heavy atom. The molecule has 0 bridgehead atoms. The van der Waals surface area contributed by atoms with Gasteiger partial charge in [-0.2, -0.15) is 0 Å². The molecule has 3 unspecified atom stereocenters. The summed E-state index contributed by atoms with van der Waals surface area (Å²) in [6, 6.07) is 14.3. The molecule has 0 aromatic heterocycles. The van der Waals surface area contributed by atoms with Crippen molar-refractivity contribution in [2.45, 2.75) is 58.7 Å². The summed E-state index contributed by atoms with van der Waals surface area (Å²) in [5.74, 6) is -0.678. The molecule has 2 N–H and O–H groups in total. The molecule has 4 rings (SSSR count). The molecule has 0 spiro atoms. The fourth-order valence-electron chi connectivity index (χ4n) is 5.49. The van der Waals surface area contributed by atoms with Crippen LogP contribution in [-0.2, 0) is 14.4 Å². The third-order valence-electron chi connectivity index (χ3n) is 7.45. The van der Waals surface area contributed by atoms with Gasteiger partial charge in [0.15, 0.2) is 5.78 Å². The van der Waals surface area contributed by atoms with Crippen molar-refractivity contribution in [2.24, 2.45) is 5.92 Å². The lowest BCUT2D eigenvalue weighted by atomic mass is 10.0. The molecule has 2 aliphatic heterocycles. The number of amides is 3. The number of Topliss-reactive ketones (excluding diaryl/α,β-unsaturated/α-hetero) is 1. The van der Waals surface area contributed by atoms with Crippen molar-refractivity contribution in [3.8, 4) is 0 Å². The van der Waals surface area contributed by atoms with Crippen molar-refractivity contribution in [2.75, 3.05) is 36.4 Å². The lowest BCUT2D eigenvalue weighted by Gasteiger charge is -2.29. The first-order valence-corrected chi connectivity index (χ1v) is 14.0. The Morgan fingerprint density at radius 1 is 1.02 bits per heavy atom. The number of carbonyl (C=O) groups excluding carboxylic acids is 4. The molecule has 10 heteroatoms. The molecule has 0 radical (unpaired) electrons. The van der Waals surface area contributed by atoms with Crippen molar-refractivity contribution in [1.82, 2.24) is 15.3 Å². The number of likely N-dealkylation sites (tertiary alicyclic amines) is 1. The van der Waals surface area contributed by atoms with E-state index in [1.165, 1.54) is 5.06 Å². The summed E-state index contributed by atoms with van der Waals surface area (Å²) in [4.78, 5) is 61.5. The maximum atomic E-state index is 13.7. The van der Waals surface area contributed by atoms with Gasteiger partial charge in [0.1, 0.15) is 12.1 Å². The van der Waals surface area contributed by atoms with Gasteiger partial charge >= 0.3 is 6.09 Å². The van der Waals surface area contributed by atoms with Crippen LogP contribution in [0.2, 0.25) is 0 Å². The third kappa shape index (κ3) is 6.62. The summed E-state index contributed by atoms with van der Waals surface area (Å²) in [6.45, 7) is 10.1. The summed E-state index contributed by atoms with van der Waals surface area (Å²) in [6.07, 6.45) is 0.223. The number of hydrogen-bond donors (Lipinski definition) is 2. The first-order chi connectivity index (χ1) is 19.2. The van der Waals surface area contributed by atoms with Crippen LogP contribution in [0.25, 0.3) is 0 Å². The van der Waals surface area contributed by atoms with Gasteiger partial charge in [0.25, 0.3) is 5.91 Å². The Morgan fingerprint density at radius 2 is 1.70 bits per heavy atom. The SMILES string of the molecule is CCN(CC)c1ccc(C(=O)NC(CC(C)C)C(=O)N2CCC3C2C(=O)CN3OC(=O)Nc2ccccc2)cc1. The van der Waals surface area contributed by atoms with E-state index in [0.29, 0.717) is 30.6 Å². The van der Waals surface area contributed by atoms with Crippen molar-refractivity contribution < 1.29 is 24.0 Å². The van der Waals surface area contributed by atoms with Gasteiger partial charge in [-0.25, -0.2) is 4.79 Å². The molecule has 0 aliphatic carbocycles. The molecule has 2 fully saturated rings. The fraction of sp³-hybridized carbons (Fsp3) is 0.467. The topological polar surface area (TPSA) is 111 Å². The third-order valence-corrected chi connectivity index (χ3v) is 7.45. The lowest BCUT2D eigenvalue weighted by Crippen LogP contribution is -2.52. The first kappa shape index (κ1) is 29.1. The summed E-state index contributed by atoms with van der Waals surface area (Å²) >= 11 is 0. The van der Waals surface area contributed by atoms with Crippen LogP contribution in [-0.4, -0.2) is 78.0 Å². The summed E-state index contributed by atoms with van der Waals surface area (Å²) < 4.78 is 0. The molecule has 0 saturated carbocycles. The number of ketones is 1. The average Bonchev–Trinajstić information content (AvgIpc) is 3.50. The predicted molar refractivity (Wildman–Crippen MR) is 153 cm³/mol. The quantitative estimate of drug-likeness (QED) is 0.465. The van der Waals surface area contributed by atoms with Gasteiger partial charge in [0.05, 0.1) is 12.6 Å². The van der Waals surface area contributed by atoms with E-state index in [2.05, 4.69) is 29.4 Å². The van der Waals surface area contributed by atoms with Crippen LogP contribution in [0.1, 0.15) is 50.9 Å². The molecule has 2 aliphatic rings. The number of para-hydroxylation sites is 1. The van der Waals surface area contributed by atoms with E-state index in [1.54, 1.807) is 41.3 Å². The number of benzene rings is 2. The second-order valence-corrected chi connectivity index (χ2v) is 10.6. The van der Waals surface area contributed by atoms with Gasteiger partial charge in [-0.05, 0) is 69.0 Å². The second-order valence-electron chi connectivity index (χ2n) is 10.6. The number of carbonyl (C=O) groups is 4.